The van der Waals surface area contributed by atoms with Crippen molar-refractivity contribution in [3.05, 3.63) is 35.1 Å². The number of aromatic amines is 1. The number of ether oxygens (including phenoxy) is 1. The Kier molecular flexibility index (Phi) is 3.84. The molecule has 2 aromatic rings. The Hall–Kier alpha value is -1.66. The third kappa shape index (κ3) is 2.62. The molecule has 1 saturated heterocycles. The van der Waals surface area contributed by atoms with Gasteiger partial charge in [0, 0.05) is 19.7 Å². The van der Waals surface area contributed by atoms with Crippen molar-refractivity contribution in [2.45, 2.75) is 19.4 Å². The van der Waals surface area contributed by atoms with Gasteiger partial charge in [0.05, 0.1) is 11.8 Å². The summed E-state index contributed by atoms with van der Waals surface area (Å²) >= 11 is 5.37. The maximum absolute atomic E-state index is 5.69. The minimum Gasteiger partial charge on any atom is -0.377 e. The van der Waals surface area contributed by atoms with Crippen molar-refractivity contribution in [3.63, 3.8) is 0 Å². The molecule has 6 heteroatoms. The molecule has 106 valence electrons. The minimum absolute atomic E-state index is 0.201. The number of anilines is 1. The Morgan fingerprint density at radius 3 is 2.95 bits per heavy atom. The van der Waals surface area contributed by atoms with Gasteiger partial charge in [-0.1, -0.05) is 18.2 Å². The molecule has 0 aliphatic carbocycles. The summed E-state index contributed by atoms with van der Waals surface area (Å²) in [4.78, 5) is 2.23. The summed E-state index contributed by atoms with van der Waals surface area (Å²) in [7, 11) is 0. The van der Waals surface area contributed by atoms with Crippen molar-refractivity contribution in [2.75, 3.05) is 24.6 Å². The van der Waals surface area contributed by atoms with Crippen LogP contribution in [0.1, 0.15) is 13.3 Å². The van der Waals surface area contributed by atoms with Gasteiger partial charge in [-0.05, 0) is 37.7 Å². The van der Waals surface area contributed by atoms with E-state index in [1.165, 1.54) is 0 Å². The standard InChI is InChI=1S/C14H18N4OS/c1-11-10-17(8-5-9-19-11)13-15-16-14(20)18(13)12-6-3-2-4-7-12/h2-4,6-7,11H,5,8-10H2,1H3,(H,16,20). The number of aromatic nitrogens is 3. The molecule has 1 unspecified atom stereocenters. The van der Waals surface area contributed by atoms with Gasteiger partial charge in [-0.15, -0.1) is 5.10 Å². The van der Waals surface area contributed by atoms with Gasteiger partial charge in [-0.25, -0.2) is 5.10 Å². The normalized spacial score (nSPS) is 19.9. The number of para-hydroxylation sites is 1. The first-order valence-corrected chi connectivity index (χ1v) is 7.26. The Morgan fingerprint density at radius 2 is 2.15 bits per heavy atom. The predicted octanol–water partition coefficient (Wildman–Crippen LogP) is 2.55. The molecule has 2 heterocycles. The molecule has 0 saturated carbocycles. The maximum atomic E-state index is 5.69. The van der Waals surface area contributed by atoms with E-state index in [0.29, 0.717) is 4.77 Å². The SMILES string of the molecule is CC1CN(c2n[nH]c(=S)n2-c2ccccc2)CCCO1. The number of hydrogen-bond acceptors (Lipinski definition) is 4. The summed E-state index contributed by atoms with van der Waals surface area (Å²) in [5, 5.41) is 7.31. The molecule has 0 amide bonds. The first-order chi connectivity index (χ1) is 9.75. The van der Waals surface area contributed by atoms with Crippen molar-refractivity contribution in [2.24, 2.45) is 0 Å². The van der Waals surface area contributed by atoms with E-state index in [9.17, 15) is 0 Å². The summed E-state index contributed by atoms with van der Waals surface area (Å²) in [6.45, 7) is 4.64. The highest BCUT2D eigenvalue weighted by Crippen LogP contribution is 2.20. The molecule has 0 bridgehead atoms. The third-order valence-electron chi connectivity index (χ3n) is 3.40. The Morgan fingerprint density at radius 1 is 1.35 bits per heavy atom. The van der Waals surface area contributed by atoms with Crippen molar-refractivity contribution in [3.8, 4) is 5.69 Å². The lowest BCUT2D eigenvalue weighted by Gasteiger charge is -2.23. The second-order valence-corrected chi connectivity index (χ2v) is 5.37. The molecule has 1 N–H and O–H groups in total. The topological polar surface area (TPSA) is 46.1 Å². The number of nitrogens with zero attached hydrogens (tertiary/aromatic N) is 3. The first kappa shape index (κ1) is 13.3. The fourth-order valence-corrected chi connectivity index (χ4v) is 2.72. The van der Waals surface area contributed by atoms with E-state index >= 15 is 0 Å². The van der Waals surface area contributed by atoms with Crippen molar-refractivity contribution < 1.29 is 4.74 Å². The van der Waals surface area contributed by atoms with E-state index in [4.69, 9.17) is 17.0 Å². The van der Waals surface area contributed by atoms with Gasteiger partial charge in [0.15, 0.2) is 0 Å². The summed E-state index contributed by atoms with van der Waals surface area (Å²) in [6, 6.07) is 10.1. The summed E-state index contributed by atoms with van der Waals surface area (Å²) in [5.74, 6) is 0.860. The Bertz CT molecular complexity index is 622. The van der Waals surface area contributed by atoms with Crippen LogP contribution in [0.25, 0.3) is 5.69 Å². The zero-order valence-electron chi connectivity index (χ0n) is 11.5. The fraction of sp³-hybridized carbons (Fsp3) is 0.429. The average molecular weight is 290 g/mol. The van der Waals surface area contributed by atoms with Gasteiger partial charge in [-0.2, -0.15) is 0 Å². The Labute approximate surface area is 123 Å². The molecule has 1 fully saturated rings. The largest absolute Gasteiger partial charge is 0.377 e. The molecule has 1 aromatic heterocycles. The van der Waals surface area contributed by atoms with Gasteiger partial charge in [0.25, 0.3) is 0 Å². The zero-order valence-corrected chi connectivity index (χ0v) is 12.3. The molecular formula is C14H18N4OS. The van der Waals surface area contributed by atoms with Gasteiger partial charge in [0.2, 0.25) is 10.7 Å². The fourth-order valence-electron chi connectivity index (χ4n) is 2.49. The molecule has 1 atom stereocenters. The van der Waals surface area contributed by atoms with Crippen LogP contribution in [0, 0.1) is 4.77 Å². The first-order valence-electron chi connectivity index (χ1n) is 6.85. The minimum atomic E-state index is 0.201. The molecule has 3 rings (SSSR count). The number of hydrogen-bond donors (Lipinski definition) is 1. The van der Waals surface area contributed by atoms with Crippen molar-refractivity contribution in [1.82, 2.24) is 14.8 Å². The van der Waals surface area contributed by atoms with E-state index in [2.05, 4.69) is 22.0 Å². The van der Waals surface area contributed by atoms with Crippen LogP contribution in [0.2, 0.25) is 0 Å². The van der Waals surface area contributed by atoms with E-state index < -0.39 is 0 Å². The highest BCUT2D eigenvalue weighted by Gasteiger charge is 2.20. The molecule has 0 spiro atoms. The van der Waals surface area contributed by atoms with Crippen LogP contribution in [-0.4, -0.2) is 40.6 Å². The smallest absolute Gasteiger partial charge is 0.230 e. The Balaban J connectivity index is 2.00. The summed E-state index contributed by atoms with van der Waals surface area (Å²) in [5.41, 5.74) is 1.03. The third-order valence-corrected chi connectivity index (χ3v) is 3.68. The van der Waals surface area contributed by atoms with Gasteiger partial charge < -0.3 is 9.64 Å². The highest BCUT2D eigenvalue weighted by atomic mass is 32.1. The van der Waals surface area contributed by atoms with Crippen LogP contribution in [0.4, 0.5) is 5.95 Å². The zero-order chi connectivity index (χ0) is 13.9. The number of H-pyrrole nitrogens is 1. The van der Waals surface area contributed by atoms with Crippen LogP contribution in [0.5, 0.6) is 0 Å². The second kappa shape index (κ2) is 5.76. The monoisotopic (exact) mass is 290 g/mol. The molecule has 1 aliphatic heterocycles. The molecule has 1 aromatic carbocycles. The lowest BCUT2D eigenvalue weighted by atomic mass is 10.3. The quantitative estimate of drug-likeness (QED) is 0.863. The van der Waals surface area contributed by atoms with Crippen molar-refractivity contribution >= 4 is 18.2 Å². The van der Waals surface area contributed by atoms with Crippen LogP contribution < -0.4 is 4.90 Å². The second-order valence-electron chi connectivity index (χ2n) is 4.98. The van der Waals surface area contributed by atoms with Crippen LogP contribution in [0.3, 0.4) is 0 Å². The van der Waals surface area contributed by atoms with Crippen LogP contribution in [0.15, 0.2) is 30.3 Å². The van der Waals surface area contributed by atoms with Gasteiger partial charge in [-0.3, -0.25) is 4.57 Å². The molecule has 20 heavy (non-hydrogen) atoms. The molecule has 0 radical (unpaired) electrons. The van der Waals surface area contributed by atoms with E-state index in [-0.39, 0.29) is 6.10 Å². The highest BCUT2D eigenvalue weighted by molar-refractivity contribution is 7.71. The predicted molar refractivity (Wildman–Crippen MR) is 81.0 cm³/mol. The number of rotatable bonds is 2. The molecule has 5 nitrogen and oxygen atoms in total. The van der Waals surface area contributed by atoms with E-state index in [1.807, 2.05) is 34.9 Å². The van der Waals surface area contributed by atoms with Crippen LogP contribution in [-0.2, 0) is 4.74 Å². The van der Waals surface area contributed by atoms with Gasteiger partial charge in [0.1, 0.15) is 0 Å². The van der Waals surface area contributed by atoms with Crippen LogP contribution >= 0.6 is 12.2 Å². The lowest BCUT2D eigenvalue weighted by molar-refractivity contribution is 0.0820. The number of benzene rings is 1. The van der Waals surface area contributed by atoms with Crippen molar-refractivity contribution in [1.29, 1.82) is 0 Å². The average Bonchev–Trinajstić information content (AvgIpc) is 2.71. The van der Waals surface area contributed by atoms with E-state index in [1.54, 1.807) is 0 Å². The molecular weight excluding hydrogens is 272 g/mol. The lowest BCUT2D eigenvalue weighted by Crippen LogP contribution is -2.32. The van der Waals surface area contributed by atoms with E-state index in [0.717, 1.165) is 37.8 Å². The maximum Gasteiger partial charge on any atom is 0.230 e. The summed E-state index contributed by atoms with van der Waals surface area (Å²) < 4.78 is 8.29. The summed E-state index contributed by atoms with van der Waals surface area (Å²) in [6.07, 6.45) is 1.20. The van der Waals surface area contributed by atoms with Gasteiger partial charge >= 0.3 is 0 Å². The number of nitrogens with one attached hydrogen (secondary N) is 1. The molecule has 1 aliphatic rings.